The molecule has 1 rings (SSSR count). The normalized spacial score (nSPS) is 12.4. The standard InChI is InChI=1S/C10H11IO3/c11-9(10(12)13)7-14-6-8-4-2-1-3-5-8/h1-5,9H,6-7H2,(H,12,13)/t9-/m0/s1. The monoisotopic (exact) mass is 306 g/mol. The van der Waals surface area contributed by atoms with Crippen LogP contribution >= 0.6 is 22.6 Å². The van der Waals surface area contributed by atoms with E-state index in [9.17, 15) is 4.79 Å². The Hall–Kier alpha value is -0.620. The van der Waals surface area contributed by atoms with Gasteiger partial charge in [0.1, 0.15) is 3.92 Å². The third kappa shape index (κ3) is 4.06. The molecule has 1 atom stereocenters. The average molecular weight is 306 g/mol. The highest BCUT2D eigenvalue weighted by Crippen LogP contribution is 2.05. The SMILES string of the molecule is O=C(O)[C@@H](I)COCc1ccccc1. The van der Waals surface area contributed by atoms with E-state index in [0.717, 1.165) is 5.56 Å². The molecule has 0 fully saturated rings. The average Bonchev–Trinajstić information content (AvgIpc) is 2.19. The van der Waals surface area contributed by atoms with Gasteiger partial charge in [0.2, 0.25) is 0 Å². The molecule has 0 aromatic heterocycles. The fraction of sp³-hybridized carbons (Fsp3) is 0.300. The second-order valence-corrected chi connectivity index (χ2v) is 4.31. The molecule has 0 bridgehead atoms. The van der Waals surface area contributed by atoms with E-state index in [-0.39, 0.29) is 6.61 Å². The number of benzene rings is 1. The Morgan fingerprint density at radius 3 is 2.64 bits per heavy atom. The number of ether oxygens (including phenoxy) is 1. The van der Waals surface area contributed by atoms with Crippen LogP contribution < -0.4 is 0 Å². The van der Waals surface area contributed by atoms with Gasteiger partial charge in [0.05, 0.1) is 13.2 Å². The van der Waals surface area contributed by atoms with Gasteiger partial charge in [-0.2, -0.15) is 0 Å². The molecule has 0 radical (unpaired) electrons. The smallest absolute Gasteiger partial charge is 0.318 e. The van der Waals surface area contributed by atoms with Gasteiger partial charge in [0.15, 0.2) is 0 Å². The third-order valence-electron chi connectivity index (χ3n) is 1.64. The lowest BCUT2D eigenvalue weighted by atomic mass is 10.2. The highest BCUT2D eigenvalue weighted by Gasteiger charge is 2.12. The van der Waals surface area contributed by atoms with E-state index in [4.69, 9.17) is 9.84 Å². The molecule has 0 saturated carbocycles. The van der Waals surface area contributed by atoms with Crippen molar-refractivity contribution in [2.24, 2.45) is 0 Å². The summed E-state index contributed by atoms with van der Waals surface area (Å²) in [6.07, 6.45) is 0. The summed E-state index contributed by atoms with van der Waals surface area (Å²) in [7, 11) is 0. The molecule has 14 heavy (non-hydrogen) atoms. The summed E-state index contributed by atoms with van der Waals surface area (Å²) >= 11 is 1.85. The van der Waals surface area contributed by atoms with Crippen LogP contribution in [0.15, 0.2) is 30.3 Å². The predicted octanol–water partition coefficient (Wildman–Crippen LogP) is 2.09. The highest BCUT2D eigenvalue weighted by molar-refractivity contribution is 14.1. The molecular weight excluding hydrogens is 295 g/mol. The minimum Gasteiger partial charge on any atom is -0.480 e. The van der Waals surface area contributed by atoms with Gasteiger partial charge >= 0.3 is 5.97 Å². The number of halogens is 1. The number of hydrogen-bond acceptors (Lipinski definition) is 2. The number of alkyl halides is 1. The second kappa shape index (κ2) is 5.98. The summed E-state index contributed by atoms with van der Waals surface area (Å²) in [4.78, 5) is 10.5. The van der Waals surface area contributed by atoms with Crippen LogP contribution in [-0.2, 0) is 16.1 Å². The first-order chi connectivity index (χ1) is 6.70. The number of rotatable bonds is 5. The Morgan fingerprint density at radius 1 is 1.43 bits per heavy atom. The summed E-state index contributed by atoms with van der Waals surface area (Å²) in [6.45, 7) is 0.707. The summed E-state index contributed by atoms with van der Waals surface area (Å²) in [5.74, 6) is -0.835. The Morgan fingerprint density at radius 2 is 2.07 bits per heavy atom. The molecule has 0 saturated heterocycles. The topological polar surface area (TPSA) is 46.5 Å². The van der Waals surface area contributed by atoms with E-state index < -0.39 is 9.89 Å². The van der Waals surface area contributed by atoms with Crippen LogP contribution in [0, 0.1) is 0 Å². The lowest BCUT2D eigenvalue weighted by molar-refractivity contribution is -0.137. The quantitative estimate of drug-likeness (QED) is 0.669. The van der Waals surface area contributed by atoms with E-state index in [1.165, 1.54) is 0 Å². The zero-order chi connectivity index (χ0) is 10.4. The second-order valence-electron chi connectivity index (χ2n) is 2.81. The molecule has 1 aromatic rings. The molecule has 76 valence electrons. The Labute approximate surface area is 96.2 Å². The van der Waals surface area contributed by atoms with Crippen LogP contribution in [0.2, 0.25) is 0 Å². The van der Waals surface area contributed by atoms with Crippen molar-refractivity contribution in [3.63, 3.8) is 0 Å². The molecule has 0 spiro atoms. The molecule has 0 aliphatic carbocycles. The van der Waals surface area contributed by atoms with Crippen LogP contribution in [0.25, 0.3) is 0 Å². The molecule has 3 nitrogen and oxygen atoms in total. The van der Waals surface area contributed by atoms with Crippen LogP contribution in [-0.4, -0.2) is 21.6 Å². The lowest BCUT2D eigenvalue weighted by Gasteiger charge is -2.06. The highest BCUT2D eigenvalue weighted by atomic mass is 127. The van der Waals surface area contributed by atoms with E-state index in [0.29, 0.717) is 6.61 Å². The summed E-state index contributed by atoms with van der Waals surface area (Å²) in [5.41, 5.74) is 1.06. The van der Waals surface area contributed by atoms with Crippen LogP contribution in [0.4, 0.5) is 0 Å². The van der Waals surface area contributed by atoms with E-state index in [2.05, 4.69) is 0 Å². The molecule has 0 unspecified atom stereocenters. The minimum atomic E-state index is -0.835. The van der Waals surface area contributed by atoms with Crippen molar-refractivity contribution < 1.29 is 14.6 Å². The first-order valence-electron chi connectivity index (χ1n) is 4.18. The summed E-state index contributed by atoms with van der Waals surface area (Å²) in [5, 5.41) is 8.59. The van der Waals surface area contributed by atoms with Crippen molar-refractivity contribution in [2.75, 3.05) is 6.61 Å². The molecule has 0 heterocycles. The van der Waals surface area contributed by atoms with Crippen molar-refractivity contribution in [3.05, 3.63) is 35.9 Å². The Bertz CT molecular complexity index is 287. The molecule has 0 aliphatic rings. The largest absolute Gasteiger partial charge is 0.480 e. The number of hydrogen-bond donors (Lipinski definition) is 1. The maximum Gasteiger partial charge on any atom is 0.318 e. The summed E-state index contributed by atoms with van der Waals surface area (Å²) in [6, 6.07) is 9.68. The Kier molecular flexibility index (Phi) is 4.89. The maximum absolute atomic E-state index is 10.5. The van der Waals surface area contributed by atoms with Crippen molar-refractivity contribution >= 4 is 28.6 Å². The first-order valence-corrected chi connectivity index (χ1v) is 5.43. The Balaban J connectivity index is 2.26. The lowest BCUT2D eigenvalue weighted by Crippen LogP contribution is -2.18. The fourth-order valence-corrected chi connectivity index (χ4v) is 1.18. The minimum absolute atomic E-state index is 0.241. The van der Waals surface area contributed by atoms with Gasteiger partial charge in [-0.1, -0.05) is 52.9 Å². The zero-order valence-corrected chi connectivity index (χ0v) is 9.68. The number of aliphatic carboxylic acids is 1. The molecular formula is C10H11IO3. The molecule has 1 N–H and O–H groups in total. The van der Waals surface area contributed by atoms with Crippen LogP contribution in [0.5, 0.6) is 0 Å². The van der Waals surface area contributed by atoms with Crippen LogP contribution in [0.3, 0.4) is 0 Å². The van der Waals surface area contributed by atoms with Gasteiger partial charge in [-0.05, 0) is 5.56 Å². The first kappa shape index (κ1) is 11.5. The number of carbonyl (C=O) groups is 1. The number of carboxylic acids is 1. The molecule has 4 heteroatoms. The van der Waals surface area contributed by atoms with Crippen molar-refractivity contribution in [2.45, 2.75) is 10.5 Å². The van der Waals surface area contributed by atoms with Crippen molar-refractivity contribution in [1.82, 2.24) is 0 Å². The molecule has 0 amide bonds. The molecule has 0 aliphatic heterocycles. The maximum atomic E-state index is 10.5. The fourth-order valence-electron chi connectivity index (χ4n) is 0.926. The van der Waals surface area contributed by atoms with Gasteiger partial charge in [-0.25, -0.2) is 0 Å². The van der Waals surface area contributed by atoms with Gasteiger partial charge in [0, 0.05) is 0 Å². The third-order valence-corrected chi connectivity index (χ3v) is 2.54. The summed E-state index contributed by atoms with van der Waals surface area (Å²) < 4.78 is 4.78. The van der Waals surface area contributed by atoms with Crippen molar-refractivity contribution in [3.8, 4) is 0 Å². The van der Waals surface area contributed by atoms with E-state index >= 15 is 0 Å². The van der Waals surface area contributed by atoms with E-state index in [1.807, 2.05) is 52.9 Å². The van der Waals surface area contributed by atoms with Gasteiger partial charge < -0.3 is 9.84 Å². The van der Waals surface area contributed by atoms with E-state index in [1.54, 1.807) is 0 Å². The van der Waals surface area contributed by atoms with Crippen LogP contribution in [0.1, 0.15) is 5.56 Å². The zero-order valence-electron chi connectivity index (χ0n) is 7.52. The van der Waals surface area contributed by atoms with Crippen molar-refractivity contribution in [1.29, 1.82) is 0 Å². The van der Waals surface area contributed by atoms with Gasteiger partial charge in [-0.15, -0.1) is 0 Å². The predicted molar refractivity (Wildman–Crippen MR) is 61.5 cm³/mol. The van der Waals surface area contributed by atoms with Gasteiger partial charge in [0.25, 0.3) is 0 Å². The molecule has 1 aromatic carbocycles. The number of carboxylic acid groups (broad SMARTS) is 1. The van der Waals surface area contributed by atoms with Gasteiger partial charge in [-0.3, -0.25) is 4.79 Å².